The molecule has 1 aromatic heterocycles. The van der Waals surface area contributed by atoms with E-state index in [1.165, 1.54) is 27.0 Å². The van der Waals surface area contributed by atoms with Crippen LogP contribution >= 0.6 is 15.9 Å². The Kier molecular flexibility index (Phi) is 2.26. The van der Waals surface area contributed by atoms with Gasteiger partial charge in [0.05, 0.1) is 11.0 Å². The molecule has 20 heavy (non-hydrogen) atoms. The lowest BCUT2D eigenvalue weighted by molar-refractivity contribution is 0.0240. The summed E-state index contributed by atoms with van der Waals surface area (Å²) in [5, 5.41) is 0. The summed E-state index contributed by atoms with van der Waals surface area (Å²) in [6, 6.07) is 1.11. The molecule has 1 saturated heterocycles. The van der Waals surface area contributed by atoms with E-state index in [-0.39, 0.29) is 14.5 Å². The zero-order valence-electron chi connectivity index (χ0n) is 19.1. The maximum atomic E-state index is 12.6. The van der Waals surface area contributed by atoms with Crippen LogP contribution in [0, 0.1) is 0 Å². The first kappa shape index (κ1) is 7.59. The van der Waals surface area contributed by atoms with Gasteiger partial charge in [-0.3, -0.25) is 0 Å². The molecular formula is C13H19BrN4O2. The largest absolute Gasteiger partial charge is 0.444 e. The standard InChI is InChI=1S/C13H19BrN4O2/c1-13(2,3)20-12(19)18-8-6-17(7-9-18)10-4-5-15-11(14)16-10/h4-5H,6-9H2,1-3H3/i6D2,7D2,8D2,9D2. The van der Waals surface area contributed by atoms with E-state index in [1.54, 1.807) is 0 Å². The van der Waals surface area contributed by atoms with Crippen LogP contribution in [0.3, 0.4) is 0 Å². The number of aromatic nitrogens is 2. The number of amides is 1. The van der Waals surface area contributed by atoms with Crippen LogP contribution in [0.25, 0.3) is 0 Å². The summed E-state index contributed by atoms with van der Waals surface area (Å²) in [5.74, 6) is -0.409. The lowest BCUT2D eigenvalue weighted by atomic mass is 10.2. The van der Waals surface area contributed by atoms with Crippen LogP contribution in [0.2, 0.25) is 0 Å². The molecule has 0 unspecified atom stereocenters. The SMILES string of the molecule is [2H]C1([2H])N(C(=O)OC(C)(C)C)C([2H])([2H])C([2H])([2H])N(c2ccnc(Br)n2)C1([2H])[2H]. The highest BCUT2D eigenvalue weighted by Crippen LogP contribution is 2.16. The summed E-state index contributed by atoms with van der Waals surface area (Å²) in [5.41, 5.74) is -1.14. The van der Waals surface area contributed by atoms with Crippen LogP contribution in [0.1, 0.15) is 31.7 Å². The third kappa shape index (κ3) is 4.06. The molecule has 0 spiro atoms. The molecule has 0 aliphatic carbocycles. The van der Waals surface area contributed by atoms with Crippen molar-refractivity contribution in [2.45, 2.75) is 26.4 Å². The van der Waals surface area contributed by atoms with Crippen LogP contribution in [0.4, 0.5) is 10.6 Å². The van der Waals surface area contributed by atoms with Crippen LogP contribution in [0.5, 0.6) is 0 Å². The van der Waals surface area contributed by atoms with Gasteiger partial charge in [-0.1, -0.05) is 0 Å². The summed E-state index contributed by atoms with van der Waals surface area (Å²) >= 11 is 2.96. The molecule has 1 amide bonds. The number of carbonyl (C=O) groups is 1. The fourth-order valence-corrected chi connectivity index (χ4v) is 1.52. The zero-order valence-corrected chi connectivity index (χ0v) is 12.7. The van der Waals surface area contributed by atoms with Crippen molar-refractivity contribution in [2.24, 2.45) is 0 Å². The molecule has 0 aromatic carbocycles. The van der Waals surface area contributed by atoms with Crippen molar-refractivity contribution in [1.82, 2.24) is 14.9 Å². The first-order valence-electron chi connectivity index (χ1n) is 9.69. The number of anilines is 1. The predicted octanol–water partition coefficient (Wildman–Crippen LogP) is 2.30. The Labute approximate surface area is 138 Å². The van der Waals surface area contributed by atoms with E-state index < -0.39 is 43.5 Å². The molecule has 0 N–H and O–H groups in total. The van der Waals surface area contributed by atoms with Crippen molar-refractivity contribution >= 4 is 27.8 Å². The van der Waals surface area contributed by atoms with E-state index in [1.807, 2.05) is 0 Å². The van der Waals surface area contributed by atoms with Crippen molar-refractivity contribution in [2.75, 3.05) is 30.9 Å². The van der Waals surface area contributed by atoms with E-state index in [0.717, 1.165) is 6.07 Å². The molecule has 1 aliphatic rings. The highest BCUT2D eigenvalue weighted by atomic mass is 79.9. The minimum Gasteiger partial charge on any atom is -0.444 e. The average Bonchev–Trinajstić information content (AvgIpc) is 2.42. The third-order valence-corrected chi connectivity index (χ3v) is 2.35. The zero-order chi connectivity index (χ0) is 21.9. The van der Waals surface area contributed by atoms with Crippen molar-refractivity contribution in [3.63, 3.8) is 0 Å². The summed E-state index contributed by atoms with van der Waals surface area (Å²) < 4.78 is 70.9. The number of piperazine rings is 1. The molecule has 2 heterocycles. The van der Waals surface area contributed by atoms with Crippen molar-refractivity contribution in [3.05, 3.63) is 17.0 Å². The number of hydrogen-bond donors (Lipinski definition) is 0. The van der Waals surface area contributed by atoms with Crippen LogP contribution in [-0.2, 0) is 4.74 Å². The normalized spacial score (nSPS) is 32.2. The Morgan fingerprint density at radius 2 is 2.05 bits per heavy atom. The summed E-state index contributed by atoms with van der Waals surface area (Å²) in [4.78, 5) is 20.2. The Morgan fingerprint density at radius 3 is 2.60 bits per heavy atom. The highest BCUT2D eigenvalue weighted by Gasteiger charge is 2.26. The van der Waals surface area contributed by atoms with Gasteiger partial charge in [-0.05, 0) is 42.8 Å². The van der Waals surface area contributed by atoms with E-state index in [2.05, 4.69) is 25.9 Å². The molecule has 7 heteroatoms. The van der Waals surface area contributed by atoms with Gasteiger partial charge in [0.25, 0.3) is 0 Å². The fraction of sp³-hybridized carbons (Fsp3) is 0.615. The van der Waals surface area contributed by atoms with Gasteiger partial charge in [0.15, 0.2) is 4.73 Å². The van der Waals surface area contributed by atoms with Gasteiger partial charge < -0.3 is 14.5 Å². The fourth-order valence-electron chi connectivity index (χ4n) is 1.22. The third-order valence-electron chi connectivity index (χ3n) is 1.96. The summed E-state index contributed by atoms with van der Waals surface area (Å²) in [7, 11) is 0. The minimum absolute atomic E-state index is 0.0349. The number of carbonyl (C=O) groups excluding carboxylic acids is 1. The minimum atomic E-state index is -3.33. The van der Waals surface area contributed by atoms with Crippen LogP contribution in [0.15, 0.2) is 17.0 Å². The Hall–Kier alpha value is -1.37. The van der Waals surface area contributed by atoms with E-state index in [0.29, 0.717) is 0 Å². The van der Waals surface area contributed by atoms with E-state index >= 15 is 0 Å². The lowest BCUT2D eigenvalue weighted by Gasteiger charge is -2.36. The molecule has 1 fully saturated rings. The van der Waals surface area contributed by atoms with Gasteiger partial charge in [-0.15, -0.1) is 0 Å². The average molecular weight is 351 g/mol. The number of hydrogen-bond acceptors (Lipinski definition) is 5. The number of ether oxygens (including phenoxy) is 1. The van der Waals surface area contributed by atoms with Gasteiger partial charge in [0, 0.05) is 32.2 Å². The molecule has 110 valence electrons. The number of nitrogens with zero attached hydrogens (tertiary/aromatic N) is 4. The first-order valence-corrected chi connectivity index (χ1v) is 6.49. The molecular weight excluding hydrogens is 324 g/mol. The second kappa shape index (κ2) is 5.95. The van der Waals surface area contributed by atoms with Gasteiger partial charge in [-0.2, -0.15) is 0 Å². The first-order chi connectivity index (χ1) is 12.4. The molecule has 0 saturated carbocycles. The van der Waals surface area contributed by atoms with E-state index in [4.69, 9.17) is 15.7 Å². The summed E-state index contributed by atoms with van der Waals surface area (Å²) in [6.07, 6.45) is -0.358. The number of rotatable bonds is 1. The van der Waals surface area contributed by atoms with Crippen molar-refractivity contribution < 1.29 is 20.5 Å². The Balaban J connectivity index is 2.71. The monoisotopic (exact) mass is 350 g/mol. The van der Waals surface area contributed by atoms with Crippen LogP contribution < -0.4 is 4.90 Å². The Morgan fingerprint density at radius 1 is 1.40 bits per heavy atom. The Bertz CT molecular complexity index is 758. The molecule has 6 nitrogen and oxygen atoms in total. The molecule has 0 radical (unpaired) electrons. The lowest BCUT2D eigenvalue weighted by Crippen LogP contribution is -2.50. The molecule has 0 bridgehead atoms. The molecule has 2 rings (SSSR count). The summed E-state index contributed by atoms with van der Waals surface area (Å²) in [6.45, 7) is -8.72. The van der Waals surface area contributed by atoms with E-state index in [9.17, 15) is 4.79 Å². The smallest absolute Gasteiger partial charge is 0.410 e. The molecule has 1 aliphatic heterocycles. The van der Waals surface area contributed by atoms with Crippen molar-refractivity contribution in [3.8, 4) is 0 Å². The molecule has 1 aromatic rings. The maximum Gasteiger partial charge on any atom is 0.410 e. The van der Waals surface area contributed by atoms with Gasteiger partial charge in [0.1, 0.15) is 11.4 Å². The topological polar surface area (TPSA) is 58.6 Å². The quantitative estimate of drug-likeness (QED) is 0.727. The van der Waals surface area contributed by atoms with Gasteiger partial charge in [0.2, 0.25) is 0 Å². The number of halogens is 1. The molecule has 0 atom stereocenters. The predicted molar refractivity (Wildman–Crippen MR) is 79.8 cm³/mol. The van der Waals surface area contributed by atoms with Crippen molar-refractivity contribution in [1.29, 1.82) is 0 Å². The second-order valence-corrected chi connectivity index (χ2v) is 5.49. The second-order valence-electron chi connectivity index (χ2n) is 4.78. The highest BCUT2D eigenvalue weighted by molar-refractivity contribution is 9.10. The van der Waals surface area contributed by atoms with Crippen LogP contribution in [-0.4, -0.2) is 52.5 Å². The van der Waals surface area contributed by atoms with Gasteiger partial charge >= 0.3 is 6.09 Å². The van der Waals surface area contributed by atoms with Gasteiger partial charge in [-0.25, -0.2) is 14.8 Å². The maximum absolute atomic E-state index is 12.6.